The minimum Gasteiger partial charge on any atom is -0.390 e. The zero-order valence-electron chi connectivity index (χ0n) is 11.8. The molecule has 110 valence electrons. The second kappa shape index (κ2) is 9.15. The van der Waals surface area contributed by atoms with E-state index >= 15 is 0 Å². The molecule has 0 radical (unpaired) electrons. The lowest BCUT2D eigenvalue weighted by Gasteiger charge is -2.27. The van der Waals surface area contributed by atoms with Gasteiger partial charge in [0, 0.05) is 38.5 Å². The highest BCUT2D eigenvalue weighted by Crippen LogP contribution is 2.20. The lowest BCUT2D eigenvalue weighted by Crippen LogP contribution is -2.48. The Labute approximate surface area is 112 Å². The van der Waals surface area contributed by atoms with Crippen molar-refractivity contribution in [1.29, 1.82) is 0 Å². The molecule has 0 atom stereocenters. The van der Waals surface area contributed by atoms with Crippen LogP contribution in [0.4, 0.5) is 0 Å². The van der Waals surface area contributed by atoms with Gasteiger partial charge in [0.1, 0.15) is 0 Å². The zero-order chi connectivity index (χ0) is 14.1. The van der Waals surface area contributed by atoms with Crippen molar-refractivity contribution in [2.24, 2.45) is 0 Å². The van der Waals surface area contributed by atoms with Crippen LogP contribution in [0.1, 0.15) is 27.7 Å². The predicted octanol–water partition coefficient (Wildman–Crippen LogP) is 0.995. The number of rotatable bonds is 11. The molecule has 0 fully saturated rings. The molecule has 0 aromatic heterocycles. The SMILES string of the molecule is CCO[Si](O)(CC[Si](O)(OCC)OCC)OCC. The second-order valence-electron chi connectivity index (χ2n) is 3.66. The van der Waals surface area contributed by atoms with Crippen molar-refractivity contribution in [2.45, 2.75) is 39.8 Å². The van der Waals surface area contributed by atoms with Gasteiger partial charge in [-0.25, -0.2) is 0 Å². The van der Waals surface area contributed by atoms with E-state index in [1.165, 1.54) is 0 Å². The molecule has 0 saturated carbocycles. The summed E-state index contributed by atoms with van der Waals surface area (Å²) < 4.78 is 21.2. The number of hydrogen-bond donors (Lipinski definition) is 2. The van der Waals surface area contributed by atoms with Crippen molar-refractivity contribution >= 4 is 17.6 Å². The average molecular weight is 298 g/mol. The smallest absolute Gasteiger partial charge is 0.390 e. The average Bonchev–Trinajstić information content (AvgIpc) is 2.28. The second-order valence-corrected chi connectivity index (χ2v) is 8.66. The van der Waals surface area contributed by atoms with Crippen LogP contribution in [0.3, 0.4) is 0 Å². The molecular formula is C10H26O6Si2. The predicted molar refractivity (Wildman–Crippen MR) is 72.1 cm³/mol. The van der Waals surface area contributed by atoms with Crippen LogP contribution in [0.15, 0.2) is 0 Å². The fraction of sp³-hybridized carbons (Fsp3) is 1.00. The van der Waals surface area contributed by atoms with Crippen LogP contribution in [-0.2, 0) is 17.7 Å². The first kappa shape index (κ1) is 18.2. The first-order valence-corrected chi connectivity index (χ1v) is 10.4. The van der Waals surface area contributed by atoms with Crippen molar-refractivity contribution in [3.05, 3.63) is 0 Å². The molecule has 0 amide bonds. The Morgan fingerprint density at radius 2 is 0.833 bits per heavy atom. The summed E-state index contributed by atoms with van der Waals surface area (Å²) in [5.41, 5.74) is 0. The van der Waals surface area contributed by atoms with Crippen molar-refractivity contribution < 1.29 is 27.3 Å². The van der Waals surface area contributed by atoms with Gasteiger partial charge in [0.25, 0.3) is 0 Å². The molecular weight excluding hydrogens is 272 g/mol. The molecule has 0 unspecified atom stereocenters. The summed E-state index contributed by atoms with van der Waals surface area (Å²) in [6.07, 6.45) is 0. The topological polar surface area (TPSA) is 77.4 Å². The third kappa shape index (κ3) is 6.95. The Bertz CT molecular complexity index is 183. The van der Waals surface area contributed by atoms with Crippen molar-refractivity contribution in [2.75, 3.05) is 26.4 Å². The van der Waals surface area contributed by atoms with Crippen molar-refractivity contribution in [3.63, 3.8) is 0 Å². The number of hydrogen-bond acceptors (Lipinski definition) is 6. The van der Waals surface area contributed by atoms with E-state index in [4.69, 9.17) is 17.7 Å². The summed E-state index contributed by atoms with van der Waals surface area (Å²) in [5, 5.41) is 0. The highest BCUT2D eigenvalue weighted by Gasteiger charge is 2.44. The lowest BCUT2D eigenvalue weighted by molar-refractivity contribution is 0.0944. The van der Waals surface area contributed by atoms with E-state index in [-0.39, 0.29) is 12.1 Å². The fourth-order valence-electron chi connectivity index (χ4n) is 1.59. The van der Waals surface area contributed by atoms with Crippen molar-refractivity contribution in [1.82, 2.24) is 0 Å². The molecule has 0 aliphatic rings. The van der Waals surface area contributed by atoms with Crippen LogP contribution in [0.2, 0.25) is 12.1 Å². The minimum atomic E-state index is -3.20. The van der Waals surface area contributed by atoms with Gasteiger partial charge in [0.05, 0.1) is 0 Å². The Hall–Kier alpha value is 0.194. The van der Waals surface area contributed by atoms with Gasteiger partial charge >= 0.3 is 17.6 Å². The molecule has 0 rings (SSSR count). The molecule has 0 heterocycles. The third-order valence-corrected chi connectivity index (χ3v) is 7.46. The maximum absolute atomic E-state index is 10.2. The van der Waals surface area contributed by atoms with E-state index in [1.54, 1.807) is 27.7 Å². The molecule has 0 aliphatic heterocycles. The van der Waals surface area contributed by atoms with E-state index in [2.05, 4.69) is 0 Å². The Kier molecular flexibility index (Phi) is 9.25. The highest BCUT2D eigenvalue weighted by molar-refractivity contribution is 6.65. The summed E-state index contributed by atoms with van der Waals surface area (Å²) in [7, 11) is -6.41. The Morgan fingerprint density at radius 1 is 0.611 bits per heavy atom. The molecule has 0 aromatic rings. The lowest BCUT2D eigenvalue weighted by atomic mass is 10.9. The van der Waals surface area contributed by atoms with E-state index < -0.39 is 17.6 Å². The summed E-state index contributed by atoms with van der Waals surface area (Å²) in [5.74, 6) is 0. The van der Waals surface area contributed by atoms with E-state index in [0.717, 1.165) is 0 Å². The zero-order valence-corrected chi connectivity index (χ0v) is 13.8. The maximum atomic E-state index is 10.2. The van der Waals surface area contributed by atoms with Crippen LogP contribution in [0.5, 0.6) is 0 Å². The summed E-state index contributed by atoms with van der Waals surface area (Å²) in [6.45, 7) is 8.71. The molecule has 2 N–H and O–H groups in total. The maximum Gasteiger partial charge on any atom is 0.498 e. The van der Waals surface area contributed by atoms with Crippen LogP contribution < -0.4 is 0 Å². The fourth-order valence-corrected chi connectivity index (χ4v) is 6.67. The largest absolute Gasteiger partial charge is 0.498 e. The third-order valence-electron chi connectivity index (χ3n) is 2.24. The molecule has 0 aromatic carbocycles. The van der Waals surface area contributed by atoms with Gasteiger partial charge in [0.2, 0.25) is 0 Å². The first-order chi connectivity index (χ1) is 8.45. The molecule has 0 bridgehead atoms. The quantitative estimate of drug-likeness (QED) is 0.554. The summed E-state index contributed by atoms with van der Waals surface area (Å²) in [4.78, 5) is 20.4. The van der Waals surface area contributed by atoms with Gasteiger partial charge in [-0.2, -0.15) is 0 Å². The van der Waals surface area contributed by atoms with Gasteiger partial charge in [-0.15, -0.1) is 0 Å². The molecule has 8 heteroatoms. The van der Waals surface area contributed by atoms with Crippen LogP contribution >= 0.6 is 0 Å². The van der Waals surface area contributed by atoms with E-state index in [0.29, 0.717) is 26.4 Å². The standard InChI is InChI=1S/C10H26O6Si2/c1-5-13-17(11,14-6-2)9-10-18(12,15-7-3)16-8-4/h11-12H,5-10H2,1-4H3. The minimum absolute atomic E-state index is 0.247. The van der Waals surface area contributed by atoms with E-state index in [1.807, 2.05) is 0 Å². The van der Waals surface area contributed by atoms with Crippen LogP contribution in [-0.4, -0.2) is 53.6 Å². The Balaban J connectivity index is 4.44. The Morgan fingerprint density at radius 3 is 1.00 bits per heavy atom. The normalized spacial score (nSPS) is 13.0. The highest BCUT2D eigenvalue weighted by atomic mass is 28.4. The van der Waals surface area contributed by atoms with Crippen molar-refractivity contribution in [3.8, 4) is 0 Å². The van der Waals surface area contributed by atoms with Gasteiger partial charge < -0.3 is 27.3 Å². The van der Waals surface area contributed by atoms with Crippen LogP contribution in [0, 0.1) is 0 Å². The molecule has 6 nitrogen and oxygen atoms in total. The van der Waals surface area contributed by atoms with E-state index in [9.17, 15) is 9.59 Å². The monoisotopic (exact) mass is 298 g/mol. The first-order valence-electron chi connectivity index (χ1n) is 6.45. The van der Waals surface area contributed by atoms with Crippen LogP contribution in [0.25, 0.3) is 0 Å². The summed E-state index contributed by atoms with van der Waals surface area (Å²) >= 11 is 0. The van der Waals surface area contributed by atoms with Gasteiger partial charge in [0.15, 0.2) is 0 Å². The van der Waals surface area contributed by atoms with Gasteiger partial charge in [-0.1, -0.05) is 0 Å². The molecule has 0 aliphatic carbocycles. The molecule has 0 spiro atoms. The van der Waals surface area contributed by atoms with Gasteiger partial charge in [-0.3, -0.25) is 0 Å². The molecule has 18 heavy (non-hydrogen) atoms. The summed E-state index contributed by atoms with van der Waals surface area (Å²) in [6, 6.07) is 0.495. The van der Waals surface area contributed by atoms with Gasteiger partial charge in [-0.05, 0) is 27.7 Å². The molecule has 0 saturated heterocycles.